The van der Waals surface area contributed by atoms with Crippen LogP contribution in [0, 0.1) is 6.92 Å². The highest BCUT2D eigenvalue weighted by atomic mass is 32.1. The van der Waals surface area contributed by atoms with E-state index in [1.807, 2.05) is 5.38 Å². The topological polar surface area (TPSA) is 75.4 Å². The number of carbonyl (C=O) groups is 2. The van der Waals surface area contributed by atoms with Crippen LogP contribution in [0.2, 0.25) is 0 Å². The first-order chi connectivity index (χ1) is 12.1. The molecule has 0 atom stereocenters. The molecular weight excluding hydrogens is 338 g/mol. The average molecular weight is 359 g/mol. The van der Waals surface area contributed by atoms with Crippen molar-refractivity contribution >= 4 is 28.2 Å². The minimum Gasteiger partial charge on any atom is -0.465 e. The molecule has 2 aliphatic rings. The predicted octanol–water partition coefficient (Wildman–Crippen LogP) is 3.09. The average Bonchev–Trinajstić information content (AvgIpc) is 3.31. The van der Waals surface area contributed by atoms with Crippen LogP contribution in [-0.4, -0.2) is 29.8 Å². The number of hydrogen-bond donors (Lipinski definition) is 1. The number of ketones is 1. The summed E-state index contributed by atoms with van der Waals surface area (Å²) in [7, 11) is 0. The summed E-state index contributed by atoms with van der Waals surface area (Å²) in [6.07, 6.45) is 4.42. The summed E-state index contributed by atoms with van der Waals surface area (Å²) in [6.45, 7) is 4.22. The quantitative estimate of drug-likeness (QED) is 0.908. The van der Waals surface area contributed by atoms with Gasteiger partial charge in [-0.3, -0.25) is 9.59 Å². The zero-order valence-corrected chi connectivity index (χ0v) is 15.1. The number of aromatic nitrogens is 1. The molecule has 2 aromatic rings. The van der Waals surface area contributed by atoms with Crippen molar-refractivity contribution in [1.29, 1.82) is 0 Å². The Bertz CT molecular complexity index is 818. The zero-order chi connectivity index (χ0) is 17.4. The van der Waals surface area contributed by atoms with Crippen molar-refractivity contribution in [2.75, 3.05) is 18.0 Å². The molecule has 132 valence electrons. The Morgan fingerprint density at radius 1 is 1.32 bits per heavy atom. The largest absolute Gasteiger partial charge is 0.465 e. The normalized spacial score (nSPS) is 17.0. The number of aryl methyl sites for hydroxylation is 2. The molecule has 0 aromatic carbocycles. The molecule has 2 aromatic heterocycles. The fourth-order valence-electron chi connectivity index (χ4n) is 3.57. The van der Waals surface area contributed by atoms with Crippen molar-refractivity contribution in [1.82, 2.24) is 10.3 Å². The summed E-state index contributed by atoms with van der Waals surface area (Å²) in [5.74, 6) is 0.930. The monoisotopic (exact) mass is 359 g/mol. The van der Waals surface area contributed by atoms with E-state index in [2.05, 4.69) is 15.2 Å². The molecule has 0 spiro atoms. The number of nitrogens with zero attached hydrogens (tertiary/aromatic N) is 2. The standard InChI is InChI=1S/C18H21N3O3S/c1-11-15(16-13(22)5-4-6-14(16)24-11)17(23)19-9-12-10-25-18(20-12)21-7-2-3-8-21/h10H,2-9H2,1H3,(H,19,23). The second-order valence-electron chi connectivity index (χ2n) is 6.61. The molecule has 0 unspecified atom stereocenters. The molecule has 0 bridgehead atoms. The van der Waals surface area contributed by atoms with E-state index < -0.39 is 0 Å². The molecule has 6 nitrogen and oxygen atoms in total. The summed E-state index contributed by atoms with van der Waals surface area (Å²) in [6, 6.07) is 0. The van der Waals surface area contributed by atoms with Gasteiger partial charge < -0.3 is 14.6 Å². The molecule has 7 heteroatoms. The summed E-state index contributed by atoms with van der Waals surface area (Å²) in [5, 5.41) is 5.90. The molecule has 1 aliphatic carbocycles. The van der Waals surface area contributed by atoms with Crippen molar-refractivity contribution in [3.8, 4) is 0 Å². The Morgan fingerprint density at radius 3 is 2.92 bits per heavy atom. The van der Waals surface area contributed by atoms with Gasteiger partial charge >= 0.3 is 0 Å². The number of hydrogen-bond acceptors (Lipinski definition) is 6. The second kappa shape index (κ2) is 6.63. The van der Waals surface area contributed by atoms with E-state index in [1.165, 1.54) is 12.8 Å². The number of rotatable bonds is 4. The number of nitrogens with one attached hydrogen (secondary N) is 1. The summed E-state index contributed by atoms with van der Waals surface area (Å²) in [4.78, 5) is 31.7. The lowest BCUT2D eigenvalue weighted by atomic mass is 9.93. The van der Waals surface area contributed by atoms with Crippen LogP contribution in [0.1, 0.15) is 63.6 Å². The van der Waals surface area contributed by atoms with Gasteiger partial charge in [-0.2, -0.15) is 0 Å². The fourth-order valence-corrected chi connectivity index (χ4v) is 4.45. The molecule has 1 saturated heterocycles. The van der Waals surface area contributed by atoms with Crippen LogP contribution in [0.3, 0.4) is 0 Å². The van der Waals surface area contributed by atoms with E-state index in [4.69, 9.17) is 4.42 Å². The van der Waals surface area contributed by atoms with Gasteiger partial charge in [-0.1, -0.05) is 0 Å². The van der Waals surface area contributed by atoms with Crippen molar-refractivity contribution < 1.29 is 14.0 Å². The third kappa shape index (κ3) is 3.08. The number of Topliss-reactive ketones (excluding diaryl/α,β-unsaturated/α-hetero) is 1. The van der Waals surface area contributed by atoms with Crippen LogP contribution in [0.15, 0.2) is 9.80 Å². The van der Waals surface area contributed by atoms with Crippen LogP contribution >= 0.6 is 11.3 Å². The van der Waals surface area contributed by atoms with Crippen molar-refractivity contribution in [3.63, 3.8) is 0 Å². The van der Waals surface area contributed by atoms with Crippen molar-refractivity contribution in [3.05, 3.63) is 33.7 Å². The Labute approximate surface area is 150 Å². The first-order valence-electron chi connectivity index (χ1n) is 8.76. The van der Waals surface area contributed by atoms with Gasteiger partial charge in [0.2, 0.25) is 0 Å². The smallest absolute Gasteiger partial charge is 0.255 e. The third-order valence-corrected chi connectivity index (χ3v) is 5.77. The van der Waals surface area contributed by atoms with Crippen LogP contribution in [-0.2, 0) is 13.0 Å². The highest BCUT2D eigenvalue weighted by molar-refractivity contribution is 7.13. The van der Waals surface area contributed by atoms with E-state index in [1.54, 1.807) is 18.3 Å². The summed E-state index contributed by atoms with van der Waals surface area (Å²) in [5.41, 5.74) is 1.73. The lowest BCUT2D eigenvalue weighted by molar-refractivity contribution is 0.0925. The molecule has 0 radical (unpaired) electrons. The maximum Gasteiger partial charge on any atom is 0.255 e. The minimum absolute atomic E-state index is 0.00762. The number of carbonyl (C=O) groups excluding carboxylic acids is 2. The van der Waals surface area contributed by atoms with E-state index in [0.29, 0.717) is 35.6 Å². The van der Waals surface area contributed by atoms with E-state index in [0.717, 1.165) is 36.8 Å². The highest BCUT2D eigenvalue weighted by Crippen LogP contribution is 2.29. The lowest BCUT2D eigenvalue weighted by Gasteiger charge is -2.12. The first kappa shape index (κ1) is 16.3. The van der Waals surface area contributed by atoms with E-state index in [9.17, 15) is 9.59 Å². The molecule has 1 N–H and O–H groups in total. The first-order valence-corrected chi connectivity index (χ1v) is 9.64. The van der Waals surface area contributed by atoms with Gasteiger partial charge in [0.1, 0.15) is 11.5 Å². The Balaban J connectivity index is 1.46. The van der Waals surface area contributed by atoms with Crippen LogP contribution in [0.4, 0.5) is 5.13 Å². The Hall–Kier alpha value is -2.15. The third-order valence-electron chi connectivity index (χ3n) is 4.82. The van der Waals surface area contributed by atoms with Gasteiger partial charge in [0.15, 0.2) is 10.9 Å². The maximum atomic E-state index is 12.6. The van der Waals surface area contributed by atoms with Crippen LogP contribution in [0.5, 0.6) is 0 Å². The number of amides is 1. The van der Waals surface area contributed by atoms with E-state index in [-0.39, 0.29) is 11.7 Å². The molecule has 1 fully saturated rings. The van der Waals surface area contributed by atoms with Gasteiger partial charge in [-0.15, -0.1) is 11.3 Å². The van der Waals surface area contributed by atoms with Crippen molar-refractivity contribution in [2.24, 2.45) is 0 Å². The van der Waals surface area contributed by atoms with Gasteiger partial charge in [0, 0.05) is 31.3 Å². The Morgan fingerprint density at radius 2 is 2.12 bits per heavy atom. The van der Waals surface area contributed by atoms with Gasteiger partial charge in [-0.05, 0) is 26.2 Å². The van der Waals surface area contributed by atoms with E-state index >= 15 is 0 Å². The summed E-state index contributed by atoms with van der Waals surface area (Å²) >= 11 is 1.61. The van der Waals surface area contributed by atoms with Gasteiger partial charge in [0.05, 0.1) is 23.4 Å². The number of thiazole rings is 1. The minimum atomic E-state index is -0.256. The van der Waals surface area contributed by atoms with Crippen LogP contribution in [0.25, 0.3) is 0 Å². The number of anilines is 1. The van der Waals surface area contributed by atoms with Crippen LogP contribution < -0.4 is 10.2 Å². The zero-order valence-electron chi connectivity index (χ0n) is 14.3. The molecule has 25 heavy (non-hydrogen) atoms. The molecule has 1 amide bonds. The molecule has 4 rings (SSSR count). The van der Waals surface area contributed by atoms with Gasteiger partial charge in [0.25, 0.3) is 5.91 Å². The van der Waals surface area contributed by atoms with Gasteiger partial charge in [-0.25, -0.2) is 4.98 Å². The maximum absolute atomic E-state index is 12.6. The SMILES string of the molecule is Cc1oc2c(c1C(=O)NCc1csc(N3CCCC3)n1)C(=O)CCC2. The molecule has 0 saturated carbocycles. The van der Waals surface area contributed by atoms with Crippen molar-refractivity contribution in [2.45, 2.75) is 45.6 Å². The number of furan rings is 1. The lowest BCUT2D eigenvalue weighted by Crippen LogP contribution is -2.26. The molecular formula is C18H21N3O3S. The molecule has 1 aliphatic heterocycles. The highest BCUT2D eigenvalue weighted by Gasteiger charge is 2.30. The fraction of sp³-hybridized carbons (Fsp3) is 0.500. The Kier molecular flexibility index (Phi) is 4.33. The second-order valence-corrected chi connectivity index (χ2v) is 7.44. The summed E-state index contributed by atoms with van der Waals surface area (Å²) < 4.78 is 5.65. The molecule has 3 heterocycles. The predicted molar refractivity (Wildman–Crippen MR) is 95.4 cm³/mol. The number of fused-ring (bicyclic) bond motifs is 1.